The van der Waals surface area contributed by atoms with Crippen LogP contribution >= 0.6 is 15.9 Å². The van der Waals surface area contributed by atoms with Gasteiger partial charge in [0.05, 0.1) is 4.47 Å². The third kappa shape index (κ3) is 3.62. The van der Waals surface area contributed by atoms with Gasteiger partial charge in [-0.05, 0) is 28.0 Å². The largest absolute Gasteiger partial charge is 0.310 e. The predicted octanol–water partition coefficient (Wildman–Crippen LogP) is 3.13. The predicted molar refractivity (Wildman–Crippen MR) is 76.3 cm³/mol. The van der Waals surface area contributed by atoms with Gasteiger partial charge in [0, 0.05) is 24.9 Å². The van der Waals surface area contributed by atoms with Crippen LogP contribution < -0.4 is 5.32 Å². The Morgan fingerprint density at radius 2 is 1.83 bits per heavy atom. The van der Waals surface area contributed by atoms with Crippen molar-refractivity contribution in [2.45, 2.75) is 19.4 Å². The quantitative estimate of drug-likeness (QED) is 0.922. The first-order valence-corrected chi connectivity index (χ1v) is 6.83. The molecule has 0 amide bonds. The Labute approximate surface area is 116 Å². The molecule has 94 valence electrons. The lowest BCUT2D eigenvalue weighted by Crippen LogP contribution is -2.23. The number of halogens is 1. The third-order valence-corrected chi connectivity index (χ3v) is 3.12. The fourth-order valence-corrected chi connectivity index (χ4v) is 2.07. The molecule has 0 aliphatic carbocycles. The van der Waals surface area contributed by atoms with Crippen LogP contribution in [-0.2, 0) is 6.42 Å². The van der Waals surface area contributed by atoms with E-state index in [0.717, 1.165) is 23.3 Å². The van der Waals surface area contributed by atoms with Crippen LogP contribution in [-0.4, -0.2) is 16.5 Å². The number of rotatable bonds is 5. The molecule has 1 heterocycles. The molecule has 0 aliphatic heterocycles. The Morgan fingerprint density at radius 3 is 2.44 bits per heavy atom. The van der Waals surface area contributed by atoms with Gasteiger partial charge >= 0.3 is 0 Å². The third-order valence-electron chi connectivity index (χ3n) is 2.71. The monoisotopic (exact) mass is 305 g/mol. The molecule has 1 aromatic carbocycles. The van der Waals surface area contributed by atoms with E-state index in [2.05, 4.69) is 62.4 Å². The molecule has 1 aromatic heterocycles. The summed E-state index contributed by atoms with van der Waals surface area (Å²) < 4.78 is 0.908. The molecule has 0 spiro atoms. The zero-order valence-corrected chi connectivity index (χ0v) is 11.9. The van der Waals surface area contributed by atoms with Crippen LogP contribution in [0, 0.1) is 0 Å². The van der Waals surface area contributed by atoms with Crippen LogP contribution in [0.5, 0.6) is 0 Å². The zero-order valence-electron chi connectivity index (χ0n) is 10.3. The highest BCUT2D eigenvalue weighted by Gasteiger charge is 2.12. The molecule has 1 unspecified atom stereocenters. The Balaban J connectivity index is 2.14. The lowest BCUT2D eigenvalue weighted by atomic mass is 10.0. The van der Waals surface area contributed by atoms with E-state index in [4.69, 9.17) is 0 Å². The van der Waals surface area contributed by atoms with Gasteiger partial charge in [-0.1, -0.05) is 37.3 Å². The van der Waals surface area contributed by atoms with Gasteiger partial charge in [-0.2, -0.15) is 0 Å². The highest BCUT2D eigenvalue weighted by Crippen LogP contribution is 2.16. The fourth-order valence-electron chi connectivity index (χ4n) is 1.87. The molecule has 1 atom stereocenters. The molecule has 0 aliphatic rings. The highest BCUT2D eigenvalue weighted by molar-refractivity contribution is 9.10. The average Bonchev–Trinajstić information content (AvgIpc) is 2.42. The zero-order chi connectivity index (χ0) is 12.8. The van der Waals surface area contributed by atoms with E-state index in [-0.39, 0.29) is 6.04 Å². The number of hydrogen-bond donors (Lipinski definition) is 1. The SMILES string of the molecule is CCNC(Cc1ncc(Br)cn1)c1ccccc1. The summed E-state index contributed by atoms with van der Waals surface area (Å²) in [5.41, 5.74) is 1.27. The van der Waals surface area contributed by atoms with Crippen molar-refractivity contribution in [1.82, 2.24) is 15.3 Å². The maximum absolute atomic E-state index is 4.33. The molecule has 18 heavy (non-hydrogen) atoms. The molecular formula is C14H16BrN3. The standard InChI is InChI=1S/C14H16BrN3/c1-2-16-13(11-6-4-3-5-7-11)8-14-17-9-12(15)10-18-14/h3-7,9-10,13,16H,2,8H2,1H3. The van der Waals surface area contributed by atoms with Crippen LogP contribution in [0.25, 0.3) is 0 Å². The van der Waals surface area contributed by atoms with Gasteiger partial charge in [-0.15, -0.1) is 0 Å². The van der Waals surface area contributed by atoms with Crippen molar-refractivity contribution in [2.75, 3.05) is 6.54 Å². The molecule has 0 radical (unpaired) electrons. The van der Waals surface area contributed by atoms with Gasteiger partial charge in [0.25, 0.3) is 0 Å². The Morgan fingerprint density at radius 1 is 1.17 bits per heavy atom. The van der Waals surface area contributed by atoms with E-state index in [9.17, 15) is 0 Å². The Bertz CT molecular complexity index is 470. The van der Waals surface area contributed by atoms with E-state index in [1.807, 2.05) is 6.07 Å². The van der Waals surface area contributed by atoms with Crippen LogP contribution in [0.4, 0.5) is 0 Å². The summed E-state index contributed by atoms with van der Waals surface area (Å²) in [6.45, 7) is 3.04. The number of nitrogens with one attached hydrogen (secondary N) is 1. The van der Waals surface area contributed by atoms with Gasteiger partial charge < -0.3 is 5.32 Å². The summed E-state index contributed by atoms with van der Waals surface area (Å²) in [4.78, 5) is 8.66. The lowest BCUT2D eigenvalue weighted by molar-refractivity contribution is 0.536. The lowest BCUT2D eigenvalue weighted by Gasteiger charge is -2.17. The second-order valence-electron chi connectivity index (χ2n) is 4.04. The van der Waals surface area contributed by atoms with E-state index < -0.39 is 0 Å². The van der Waals surface area contributed by atoms with E-state index in [0.29, 0.717) is 0 Å². The van der Waals surface area contributed by atoms with Crippen molar-refractivity contribution in [3.63, 3.8) is 0 Å². The van der Waals surface area contributed by atoms with Crippen LogP contribution in [0.3, 0.4) is 0 Å². The van der Waals surface area contributed by atoms with Gasteiger partial charge in [0.2, 0.25) is 0 Å². The van der Waals surface area contributed by atoms with Crippen molar-refractivity contribution >= 4 is 15.9 Å². The van der Waals surface area contributed by atoms with Gasteiger partial charge in [-0.25, -0.2) is 9.97 Å². The average molecular weight is 306 g/mol. The summed E-state index contributed by atoms with van der Waals surface area (Å²) >= 11 is 3.35. The first kappa shape index (κ1) is 13.2. The number of nitrogens with zero attached hydrogens (tertiary/aromatic N) is 2. The second kappa shape index (κ2) is 6.61. The normalized spacial score (nSPS) is 12.3. The minimum absolute atomic E-state index is 0.261. The van der Waals surface area contributed by atoms with E-state index in [1.165, 1.54) is 5.56 Å². The first-order chi connectivity index (χ1) is 8.79. The smallest absolute Gasteiger partial charge is 0.130 e. The topological polar surface area (TPSA) is 37.8 Å². The van der Waals surface area contributed by atoms with Crippen LogP contribution in [0.15, 0.2) is 47.2 Å². The maximum atomic E-state index is 4.33. The summed E-state index contributed by atoms with van der Waals surface area (Å²) in [5, 5.41) is 3.47. The van der Waals surface area contributed by atoms with E-state index >= 15 is 0 Å². The fraction of sp³-hybridized carbons (Fsp3) is 0.286. The van der Waals surface area contributed by atoms with Crippen molar-refractivity contribution in [3.05, 3.63) is 58.6 Å². The first-order valence-electron chi connectivity index (χ1n) is 6.04. The van der Waals surface area contributed by atoms with Crippen molar-refractivity contribution in [1.29, 1.82) is 0 Å². The van der Waals surface area contributed by atoms with Crippen molar-refractivity contribution < 1.29 is 0 Å². The molecule has 3 nitrogen and oxygen atoms in total. The molecule has 4 heteroatoms. The maximum Gasteiger partial charge on any atom is 0.130 e. The number of hydrogen-bond acceptors (Lipinski definition) is 3. The molecule has 0 bridgehead atoms. The number of benzene rings is 1. The number of aromatic nitrogens is 2. The van der Waals surface area contributed by atoms with Crippen molar-refractivity contribution in [3.8, 4) is 0 Å². The molecule has 2 rings (SSSR count). The molecule has 0 saturated carbocycles. The highest BCUT2D eigenvalue weighted by atomic mass is 79.9. The van der Waals surface area contributed by atoms with Crippen molar-refractivity contribution in [2.24, 2.45) is 0 Å². The van der Waals surface area contributed by atoms with E-state index in [1.54, 1.807) is 12.4 Å². The molecule has 0 saturated heterocycles. The van der Waals surface area contributed by atoms with Gasteiger partial charge in [0.1, 0.15) is 5.82 Å². The van der Waals surface area contributed by atoms with Gasteiger partial charge in [-0.3, -0.25) is 0 Å². The van der Waals surface area contributed by atoms with Gasteiger partial charge in [0.15, 0.2) is 0 Å². The molecule has 1 N–H and O–H groups in total. The molecule has 0 fully saturated rings. The summed E-state index contributed by atoms with van der Waals surface area (Å²) in [5.74, 6) is 0.855. The molecule has 2 aromatic rings. The minimum Gasteiger partial charge on any atom is -0.310 e. The molecular weight excluding hydrogens is 290 g/mol. The van der Waals surface area contributed by atoms with Crippen LogP contribution in [0.2, 0.25) is 0 Å². The number of likely N-dealkylation sites (N-methyl/N-ethyl adjacent to an activating group) is 1. The summed E-state index contributed by atoms with van der Waals surface area (Å²) in [6, 6.07) is 10.7. The minimum atomic E-state index is 0.261. The Kier molecular flexibility index (Phi) is 4.84. The van der Waals surface area contributed by atoms with Crippen LogP contribution in [0.1, 0.15) is 24.4 Å². The summed E-state index contributed by atoms with van der Waals surface area (Å²) in [6.07, 6.45) is 4.37. The Hall–Kier alpha value is -1.26. The second-order valence-corrected chi connectivity index (χ2v) is 4.96. The summed E-state index contributed by atoms with van der Waals surface area (Å²) in [7, 11) is 0.